The molecule has 0 spiro atoms. The maximum atomic E-state index is 8.60. The van der Waals surface area contributed by atoms with Gasteiger partial charge in [0.1, 0.15) is 0 Å². The Morgan fingerprint density at radius 2 is 1.17 bits per heavy atom. The Kier molecular flexibility index (Phi) is 4.65. The molecule has 0 aliphatic rings. The molecular weight excluding hydrogens is 106 g/mol. The van der Waals surface area contributed by atoms with Gasteiger partial charge in [0.15, 0.2) is 0 Å². The van der Waals surface area contributed by atoms with Crippen molar-refractivity contribution < 1.29 is 28.9 Å². The minimum Gasteiger partial charge on any atom is -0.183 e. The normalized spacial score (nSPS) is 10.0. The van der Waals surface area contributed by atoms with E-state index in [-0.39, 0.29) is 18.9 Å². The molecule has 0 amide bonds. The van der Waals surface area contributed by atoms with Crippen molar-refractivity contribution in [3.05, 3.63) is 0 Å². The van der Waals surface area contributed by atoms with Crippen molar-refractivity contribution in [1.82, 2.24) is 0 Å². The van der Waals surface area contributed by atoms with E-state index < -0.39 is 10.2 Å². The van der Waals surface area contributed by atoms with Crippen LogP contribution >= 0.6 is 0 Å². The molecule has 0 saturated carbocycles. The van der Waals surface area contributed by atoms with E-state index >= 15 is 0 Å². The summed E-state index contributed by atoms with van der Waals surface area (Å²) in [5.74, 6) is 0. The first-order valence-corrected chi connectivity index (χ1v) is 1.90. The molecule has 0 rings (SSSR count). The van der Waals surface area contributed by atoms with Crippen molar-refractivity contribution in [3.8, 4) is 0 Å². The first kappa shape index (κ1) is 9.87. The van der Waals surface area contributed by atoms with E-state index in [9.17, 15) is 0 Å². The fourth-order valence-electron chi connectivity index (χ4n) is 0. The first-order valence-electron chi connectivity index (χ1n) is 0.632. The maximum Gasteiger partial charge on any atom is 0.0777 e. The molecular formula is H2ClLiO4. The van der Waals surface area contributed by atoms with Crippen molar-refractivity contribution in [2.75, 3.05) is 0 Å². The van der Waals surface area contributed by atoms with Gasteiger partial charge in [-0.3, -0.25) is 0 Å². The molecule has 0 fully saturated rings. The predicted octanol–water partition coefficient (Wildman–Crippen LogP) is -4.77. The minimum atomic E-state index is -4.69. The van der Waals surface area contributed by atoms with Gasteiger partial charge in [0.2, 0.25) is 0 Å². The van der Waals surface area contributed by atoms with Crippen LogP contribution in [0.4, 0.5) is 0 Å². The van der Waals surface area contributed by atoms with E-state index in [1.54, 1.807) is 0 Å². The summed E-state index contributed by atoms with van der Waals surface area (Å²) in [6.45, 7) is 0. The van der Waals surface area contributed by atoms with Crippen molar-refractivity contribution in [1.29, 1.82) is 0 Å². The Labute approximate surface area is 48.3 Å². The second kappa shape index (κ2) is 2.83. The smallest absolute Gasteiger partial charge is 0.0777 e. The van der Waals surface area contributed by atoms with Crippen LogP contribution in [-0.2, 0) is 0 Å². The first-order chi connectivity index (χ1) is 2.00. The summed E-state index contributed by atoms with van der Waals surface area (Å²) in [6.07, 6.45) is 0. The Balaban J connectivity index is 0. The van der Waals surface area contributed by atoms with Gasteiger partial charge in [-0.2, -0.15) is 14.0 Å². The molecule has 4 nitrogen and oxygen atoms in total. The van der Waals surface area contributed by atoms with Crippen LogP contribution in [0.15, 0.2) is 0 Å². The van der Waals surface area contributed by atoms with Gasteiger partial charge in [-0.25, -0.2) is 0 Å². The molecule has 0 aromatic heterocycles. The molecule has 0 aliphatic heterocycles. The zero-order valence-corrected chi connectivity index (χ0v) is 2.81. The van der Waals surface area contributed by atoms with Crippen LogP contribution in [0.3, 0.4) is 0 Å². The second-order valence-corrected chi connectivity index (χ2v) is 1.19. The number of hydrogen-bond donors (Lipinski definition) is 1. The zero-order valence-electron chi connectivity index (χ0n) is 2.05. The van der Waals surface area contributed by atoms with E-state index in [0.29, 0.717) is 0 Å². The van der Waals surface area contributed by atoms with Crippen LogP contribution in [0.25, 0.3) is 0 Å². The molecule has 6 heavy (non-hydrogen) atoms. The predicted molar refractivity (Wildman–Crippen MR) is 9.37 cm³/mol. The average molecular weight is 108 g/mol. The van der Waals surface area contributed by atoms with Gasteiger partial charge in [0.25, 0.3) is 0 Å². The van der Waals surface area contributed by atoms with Crippen LogP contribution < -0.4 is 14.0 Å². The van der Waals surface area contributed by atoms with Crippen LogP contribution in [0.1, 0.15) is 0 Å². The number of rotatable bonds is 0. The third-order valence-electron chi connectivity index (χ3n) is 0. The molecule has 0 aromatic carbocycles. The van der Waals surface area contributed by atoms with Crippen molar-refractivity contribution >= 4 is 18.9 Å². The van der Waals surface area contributed by atoms with Gasteiger partial charge in [0.05, 0.1) is 14.9 Å². The molecule has 0 heterocycles. The number of halogens is 1. The summed E-state index contributed by atoms with van der Waals surface area (Å²) < 4.78 is 32.7. The third-order valence-corrected chi connectivity index (χ3v) is 0. The van der Waals surface area contributed by atoms with Gasteiger partial charge >= 0.3 is 18.9 Å². The molecule has 0 atom stereocenters. The molecule has 0 saturated heterocycles. The van der Waals surface area contributed by atoms with E-state index in [4.69, 9.17) is 18.6 Å². The minimum absolute atomic E-state index is 0. The Hall–Kier alpha value is 0.727. The third kappa shape index (κ3) is 124. The van der Waals surface area contributed by atoms with Crippen molar-refractivity contribution in [3.63, 3.8) is 0 Å². The zero-order chi connectivity index (χ0) is 4.50. The second-order valence-electron chi connectivity index (χ2n) is 0.396. The monoisotopic (exact) mass is 108 g/mol. The average Bonchev–Trinajstić information content (AvgIpc) is 0.722. The van der Waals surface area contributed by atoms with Gasteiger partial charge in [0, 0.05) is 0 Å². The molecule has 0 bridgehead atoms. The Morgan fingerprint density at radius 3 is 1.17 bits per heavy atom. The van der Waals surface area contributed by atoms with Crippen LogP contribution in [0, 0.1) is 10.2 Å². The molecule has 0 aromatic rings. The maximum absolute atomic E-state index is 8.60. The summed E-state index contributed by atoms with van der Waals surface area (Å²) in [6, 6.07) is 0. The number of hydrogen-bond acceptors (Lipinski definition) is 4. The summed E-state index contributed by atoms with van der Waals surface area (Å²) in [7, 11) is -4.69. The molecule has 1 N–H and O–H groups in total. The fraction of sp³-hybridized carbons (Fsp3) is 0. The topological polar surface area (TPSA) is 89.4 Å². The van der Waals surface area contributed by atoms with Gasteiger partial charge in [-0.15, -0.1) is 0 Å². The Bertz CT molecular complexity index is 23.0. The van der Waals surface area contributed by atoms with Crippen LogP contribution in [0.2, 0.25) is 0 Å². The van der Waals surface area contributed by atoms with Gasteiger partial charge < -0.3 is 0 Å². The van der Waals surface area contributed by atoms with E-state index in [1.807, 2.05) is 0 Å². The fourth-order valence-corrected chi connectivity index (χ4v) is 0. The Morgan fingerprint density at radius 1 is 1.17 bits per heavy atom. The van der Waals surface area contributed by atoms with Crippen molar-refractivity contribution in [2.45, 2.75) is 0 Å². The summed E-state index contributed by atoms with van der Waals surface area (Å²) in [5, 5.41) is 0. The van der Waals surface area contributed by atoms with Crippen LogP contribution in [-0.4, -0.2) is 23.5 Å². The summed E-state index contributed by atoms with van der Waals surface area (Å²) in [5.41, 5.74) is 0. The molecule has 0 aliphatic carbocycles. The molecule has 0 unspecified atom stereocenters. The quantitative estimate of drug-likeness (QED) is 0.316. The summed E-state index contributed by atoms with van der Waals surface area (Å²) >= 11 is 0. The largest absolute Gasteiger partial charge is 0.183 e. The molecule has 0 radical (unpaired) electrons. The van der Waals surface area contributed by atoms with E-state index in [1.165, 1.54) is 0 Å². The van der Waals surface area contributed by atoms with Crippen LogP contribution in [0.5, 0.6) is 0 Å². The summed E-state index contributed by atoms with van der Waals surface area (Å²) in [4.78, 5) is 0. The SMILES string of the molecule is [LiH].[O-][Cl+3]([O-])([O-])O. The van der Waals surface area contributed by atoms with Gasteiger partial charge in [-0.05, 0) is 0 Å². The van der Waals surface area contributed by atoms with Crippen molar-refractivity contribution in [2.24, 2.45) is 0 Å². The standard InChI is InChI=1S/ClHO4.Li.H/c2-1(3,4)5;;/h(H,2,3,4,5);;. The molecule has 34 valence electrons. The van der Waals surface area contributed by atoms with E-state index in [2.05, 4.69) is 0 Å². The van der Waals surface area contributed by atoms with Gasteiger partial charge in [-0.1, -0.05) is 0 Å². The van der Waals surface area contributed by atoms with E-state index in [0.717, 1.165) is 0 Å². The molecule has 6 heteroatoms.